The maximum atomic E-state index is 13.8. The average Bonchev–Trinajstić information content (AvgIpc) is 2.92. The predicted octanol–water partition coefficient (Wildman–Crippen LogP) is 6.11. The summed E-state index contributed by atoms with van der Waals surface area (Å²) in [6.07, 6.45) is 4.17. The molecule has 0 saturated carbocycles. The molecule has 1 amide bonds. The molecule has 0 aliphatic carbocycles. The number of nitrogens with zero attached hydrogens (tertiary/aromatic N) is 1. The standard InChI is InChI=1S/C29H34N2O4S2/c1-5-29(6-2)19-26(25-9-7-8-10-27(25)35-29)30-28(32)20-31(22-13-11-21(3)12-14-22)37(33,34)24-17-15-23(36-4)16-18-24/h7-18,26H,5-6,19-20H2,1-4H3,(H,30,32)/t26-/m0/s1. The molecule has 0 saturated heterocycles. The van der Waals surface area contributed by atoms with Crippen molar-refractivity contribution in [3.63, 3.8) is 0 Å². The van der Waals surface area contributed by atoms with E-state index in [4.69, 9.17) is 4.74 Å². The quantitative estimate of drug-likeness (QED) is 0.333. The fourth-order valence-corrected chi connectivity index (χ4v) is 6.53. The number of benzene rings is 3. The van der Waals surface area contributed by atoms with Crippen LogP contribution in [0.3, 0.4) is 0 Å². The molecular weight excluding hydrogens is 504 g/mol. The van der Waals surface area contributed by atoms with Gasteiger partial charge < -0.3 is 10.1 Å². The molecule has 0 fully saturated rings. The van der Waals surface area contributed by atoms with Crippen LogP contribution < -0.4 is 14.4 Å². The van der Waals surface area contributed by atoms with E-state index in [0.717, 1.165) is 34.6 Å². The van der Waals surface area contributed by atoms with Crippen molar-refractivity contribution in [2.75, 3.05) is 17.1 Å². The molecule has 0 unspecified atom stereocenters. The molecule has 3 aromatic carbocycles. The van der Waals surface area contributed by atoms with Crippen molar-refractivity contribution in [3.8, 4) is 5.75 Å². The van der Waals surface area contributed by atoms with Gasteiger partial charge in [0.05, 0.1) is 16.6 Å². The number of hydrogen-bond donors (Lipinski definition) is 1. The molecule has 8 heteroatoms. The van der Waals surface area contributed by atoms with Gasteiger partial charge >= 0.3 is 0 Å². The Hall–Kier alpha value is -2.97. The summed E-state index contributed by atoms with van der Waals surface area (Å²) in [7, 11) is -3.98. The Morgan fingerprint density at radius 2 is 1.68 bits per heavy atom. The monoisotopic (exact) mass is 538 g/mol. The number of amides is 1. The Bertz CT molecular complexity index is 1340. The highest BCUT2D eigenvalue weighted by Crippen LogP contribution is 2.42. The zero-order valence-corrected chi connectivity index (χ0v) is 23.4. The first-order chi connectivity index (χ1) is 17.7. The Morgan fingerprint density at radius 3 is 2.30 bits per heavy atom. The van der Waals surface area contributed by atoms with Crippen molar-refractivity contribution in [2.24, 2.45) is 0 Å². The molecule has 1 N–H and O–H groups in total. The first-order valence-corrected chi connectivity index (χ1v) is 15.2. The molecule has 1 aliphatic rings. The lowest BCUT2D eigenvalue weighted by atomic mass is 9.83. The lowest BCUT2D eigenvalue weighted by Gasteiger charge is -2.41. The number of carbonyl (C=O) groups is 1. The van der Waals surface area contributed by atoms with Gasteiger partial charge in [-0.15, -0.1) is 11.8 Å². The van der Waals surface area contributed by atoms with Gasteiger partial charge in [0, 0.05) is 16.9 Å². The van der Waals surface area contributed by atoms with Crippen molar-refractivity contribution >= 4 is 33.4 Å². The number of nitrogens with one attached hydrogen (secondary N) is 1. The maximum Gasteiger partial charge on any atom is 0.264 e. The molecule has 3 aromatic rings. The van der Waals surface area contributed by atoms with Gasteiger partial charge in [-0.3, -0.25) is 9.10 Å². The second kappa shape index (κ2) is 11.2. The van der Waals surface area contributed by atoms with Crippen molar-refractivity contribution in [1.29, 1.82) is 0 Å². The number of sulfonamides is 1. The first-order valence-electron chi connectivity index (χ1n) is 12.5. The van der Waals surface area contributed by atoms with Gasteiger partial charge in [0.25, 0.3) is 10.0 Å². The third kappa shape index (κ3) is 5.80. The summed E-state index contributed by atoms with van der Waals surface area (Å²) in [6, 6.07) is 21.3. The number of thioether (sulfide) groups is 1. The molecule has 4 rings (SSSR count). The van der Waals surface area contributed by atoms with Gasteiger partial charge in [-0.25, -0.2) is 8.42 Å². The lowest BCUT2D eigenvalue weighted by Crippen LogP contribution is -2.47. The zero-order chi connectivity index (χ0) is 26.6. The minimum absolute atomic E-state index is 0.145. The fraction of sp³-hybridized carbons (Fsp3) is 0.345. The molecule has 0 bridgehead atoms. The average molecular weight is 539 g/mol. The van der Waals surface area contributed by atoms with Crippen LogP contribution in [-0.2, 0) is 14.8 Å². The number of fused-ring (bicyclic) bond motifs is 1. The largest absolute Gasteiger partial charge is 0.487 e. The van der Waals surface area contributed by atoms with Crippen molar-refractivity contribution in [1.82, 2.24) is 5.32 Å². The number of aryl methyl sites for hydroxylation is 1. The van der Waals surface area contributed by atoms with Crippen LogP contribution in [0.5, 0.6) is 5.75 Å². The predicted molar refractivity (Wildman–Crippen MR) is 150 cm³/mol. The topological polar surface area (TPSA) is 75.7 Å². The summed E-state index contributed by atoms with van der Waals surface area (Å²) in [5.74, 6) is 0.396. The molecule has 1 atom stereocenters. The molecule has 6 nitrogen and oxygen atoms in total. The second-order valence-electron chi connectivity index (χ2n) is 9.38. The number of hydrogen-bond acceptors (Lipinski definition) is 5. The molecule has 196 valence electrons. The molecule has 0 radical (unpaired) electrons. The van der Waals surface area contributed by atoms with Crippen LogP contribution in [-0.4, -0.2) is 32.7 Å². The van der Waals surface area contributed by atoms with Gasteiger partial charge in [-0.1, -0.05) is 49.7 Å². The SMILES string of the molecule is CCC1(CC)C[C@H](NC(=O)CN(c2ccc(C)cc2)S(=O)(=O)c2ccc(SC)cc2)c2ccccc2O1. The van der Waals surface area contributed by atoms with E-state index >= 15 is 0 Å². The highest BCUT2D eigenvalue weighted by atomic mass is 32.2. The van der Waals surface area contributed by atoms with Gasteiger partial charge in [-0.2, -0.15) is 0 Å². The third-order valence-corrected chi connectivity index (χ3v) is 9.61. The molecule has 1 aliphatic heterocycles. The van der Waals surface area contributed by atoms with Crippen LogP contribution in [0.4, 0.5) is 5.69 Å². The molecule has 0 spiro atoms. The molecule has 37 heavy (non-hydrogen) atoms. The lowest BCUT2D eigenvalue weighted by molar-refractivity contribution is -0.121. The minimum Gasteiger partial charge on any atom is -0.487 e. The van der Waals surface area contributed by atoms with Crippen LogP contribution in [0.2, 0.25) is 0 Å². The summed E-state index contributed by atoms with van der Waals surface area (Å²) in [5, 5.41) is 3.12. The van der Waals surface area contributed by atoms with Crippen molar-refractivity contribution in [3.05, 3.63) is 83.9 Å². The molecule has 1 heterocycles. The maximum absolute atomic E-state index is 13.8. The Kier molecular flexibility index (Phi) is 8.19. The Morgan fingerprint density at radius 1 is 1.03 bits per heavy atom. The summed E-state index contributed by atoms with van der Waals surface area (Å²) in [5.41, 5.74) is 1.97. The fourth-order valence-electron chi connectivity index (χ4n) is 4.70. The Balaban J connectivity index is 1.64. The van der Waals surface area contributed by atoms with Gasteiger partial charge in [0.2, 0.25) is 5.91 Å². The first kappa shape index (κ1) is 27.1. The van der Waals surface area contributed by atoms with Gasteiger partial charge in [-0.05, 0) is 68.5 Å². The summed E-state index contributed by atoms with van der Waals surface area (Å²) < 4.78 is 35.1. The van der Waals surface area contributed by atoms with E-state index in [1.54, 1.807) is 36.4 Å². The normalized spacial score (nSPS) is 16.4. The van der Waals surface area contributed by atoms with Crippen LogP contribution in [0, 0.1) is 6.92 Å². The summed E-state index contributed by atoms with van der Waals surface area (Å²) in [4.78, 5) is 14.6. The number of rotatable bonds is 9. The highest BCUT2D eigenvalue weighted by Gasteiger charge is 2.39. The number of anilines is 1. The molecular formula is C29H34N2O4S2. The van der Waals surface area contributed by atoms with Crippen LogP contribution in [0.1, 0.15) is 50.3 Å². The molecule has 0 aromatic heterocycles. The van der Waals surface area contributed by atoms with Gasteiger partial charge in [0.1, 0.15) is 17.9 Å². The van der Waals surface area contributed by atoms with E-state index in [1.807, 2.05) is 49.6 Å². The van der Waals surface area contributed by atoms with Crippen LogP contribution in [0.25, 0.3) is 0 Å². The van der Waals surface area contributed by atoms with Crippen molar-refractivity contribution < 1.29 is 17.9 Å². The van der Waals surface area contributed by atoms with Crippen molar-refractivity contribution in [2.45, 2.75) is 61.5 Å². The highest BCUT2D eigenvalue weighted by molar-refractivity contribution is 7.98. The van der Waals surface area contributed by atoms with E-state index < -0.39 is 10.0 Å². The Labute approximate surface area is 224 Å². The number of para-hydroxylation sites is 1. The zero-order valence-electron chi connectivity index (χ0n) is 21.7. The summed E-state index contributed by atoms with van der Waals surface area (Å²) >= 11 is 1.54. The minimum atomic E-state index is -3.98. The smallest absolute Gasteiger partial charge is 0.264 e. The second-order valence-corrected chi connectivity index (χ2v) is 12.1. The van der Waals surface area contributed by atoms with E-state index in [2.05, 4.69) is 19.2 Å². The number of ether oxygens (including phenoxy) is 1. The van der Waals surface area contributed by atoms with Crippen LogP contribution in [0.15, 0.2) is 82.6 Å². The van der Waals surface area contributed by atoms with E-state index in [1.165, 1.54) is 16.1 Å². The van der Waals surface area contributed by atoms with Gasteiger partial charge in [0.15, 0.2) is 0 Å². The van der Waals surface area contributed by atoms with E-state index in [-0.39, 0.29) is 29.0 Å². The third-order valence-electron chi connectivity index (χ3n) is 7.08. The number of carbonyl (C=O) groups excluding carboxylic acids is 1. The summed E-state index contributed by atoms with van der Waals surface area (Å²) in [6.45, 7) is 5.78. The van der Waals surface area contributed by atoms with Crippen LogP contribution >= 0.6 is 11.8 Å². The van der Waals surface area contributed by atoms with E-state index in [9.17, 15) is 13.2 Å². The van der Waals surface area contributed by atoms with E-state index in [0.29, 0.717) is 12.1 Å².